The van der Waals surface area contributed by atoms with Crippen LogP contribution in [0, 0.1) is 5.92 Å². The van der Waals surface area contributed by atoms with E-state index in [9.17, 15) is 0 Å². The van der Waals surface area contributed by atoms with Gasteiger partial charge in [0.1, 0.15) is 5.75 Å². The van der Waals surface area contributed by atoms with Gasteiger partial charge in [-0.15, -0.1) is 0 Å². The van der Waals surface area contributed by atoms with Gasteiger partial charge in [-0.25, -0.2) is 0 Å². The Morgan fingerprint density at radius 1 is 1.28 bits per heavy atom. The number of nitrogens with two attached hydrogens (primary N) is 1. The zero-order valence-electron chi connectivity index (χ0n) is 11.1. The van der Waals surface area contributed by atoms with Crippen LogP contribution in [-0.4, -0.2) is 20.3 Å². The molecular weight excluding hydrogens is 226 g/mol. The first-order chi connectivity index (χ1) is 8.85. The van der Waals surface area contributed by atoms with Crippen LogP contribution >= 0.6 is 0 Å². The van der Waals surface area contributed by atoms with E-state index in [0.29, 0.717) is 12.5 Å². The zero-order chi connectivity index (χ0) is 12.8. The second-order valence-electron chi connectivity index (χ2n) is 4.95. The van der Waals surface area contributed by atoms with E-state index >= 15 is 0 Å². The lowest BCUT2D eigenvalue weighted by molar-refractivity contribution is 0.0333. The van der Waals surface area contributed by atoms with Crippen LogP contribution in [0.2, 0.25) is 0 Å². The molecule has 2 N–H and O–H groups in total. The Balaban J connectivity index is 1.98. The van der Waals surface area contributed by atoms with Crippen molar-refractivity contribution in [3.63, 3.8) is 0 Å². The molecule has 1 saturated carbocycles. The van der Waals surface area contributed by atoms with Crippen LogP contribution in [0.4, 0.5) is 0 Å². The molecule has 1 atom stereocenters. The largest absolute Gasteiger partial charge is 0.496 e. The molecule has 100 valence electrons. The van der Waals surface area contributed by atoms with Gasteiger partial charge in [-0.2, -0.15) is 0 Å². The highest BCUT2D eigenvalue weighted by atomic mass is 16.5. The summed E-state index contributed by atoms with van der Waals surface area (Å²) in [7, 11) is 1.68. The van der Waals surface area contributed by atoms with E-state index in [2.05, 4.69) is 0 Å². The fourth-order valence-corrected chi connectivity index (χ4v) is 2.65. The van der Waals surface area contributed by atoms with Gasteiger partial charge in [0, 0.05) is 12.1 Å². The minimum absolute atomic E-state index is 0.0539. The van der Waals surface area contributed by atoms with Crippen LogP contribution < -0.4 is 10.5 Å². The Morgan fingerprint density at radius 2 is 2.00 bits per heavy atom. The number of hydrogen-bond acceptors (Lipinski definition) is 3. The van der Waals surface area contributed by atoms with Gasteiger partial charge < -0.3 is 15.2 Å². The Hall–Kier alpha value is -1.06. The van der Waals surface area contributed by atoms with Gasteiger partial charge in [0.2, 0.25) is 0 Å². The van der Waals surface area contributed by atoms with Crippen molar-refractivity contribution in [3.05, 3.63) is 29.8 Å². The summed E-state index contributed by atoms with van der Waals surface area (Å²) in [6.45, 7) is 1.31. The lowest BCUT2D eigenvalue weighted by Gasteiger charge is -2.21. The molecule has 0 aromatic heterocycles. The van der Waals surface area contributed by atoms with Crippen molar-refractivity contribution in [3.8, 4) is 5.75 Å². The van der Waals surface area contributed by atoms with Crippen molar-refractivity contribution < 1.29 is 9.47 Å². The van der Waals surface area contributed by atoms with Crippen molar-refractivity contribution >= 4 is 0 Å². The maximum absolute atomic E-state index is 6.00. The SMILES string of the molecule is COc1ccccc1C(CN)OCC1CCCC1. The fraction of sp³-hybridized carbons (Fsp3) is 0.600. The summed E-state index contributed by atoms with van der Waals surface area (Å²) < 4.78 is 11.4. The van der Waals surface area contributed by atoms with Gasteiger partial charge in [-0.1, -0.05) is 31.0 Å². The van der Waals surface area contributed by atoms with Crippen LogP contribution in [0.25, 0.3) is 0 Å². The summed E-state index contributed by atoms with van der Waals surface area (Å²) in [5.41, 5.74) is 6.89. The molecule has 1 unspecified atom stereocenters. The molecule has 0 saturated heterocycles. The number of benzene rings is 1. The third-order valence-electron chi connectivity index (χ3n) is 3.71. The molecule has 0 amide bonds. The molecule has 1 aromatic carbocycles. The molecule has 0 heterocycles. The summed E-state index contributed by atoms with van der Waals surface area (Å²) in [6, 6.07) is 7.95. The first-order valence-corrected chi connectivity index (χ1v) is 6.79. The smallest absolute Gasteiger partial charge is 0.124 e. The van der Waals surface area contributed by atoms with Crippen molar-refractivity contribution in [2.75, 3.05) is 20.3 Å². The summed E-state index contributed by atoms with van der Waals surface area (Å²) in [5, 5.41) is 0. The molecule has 1 aromatic rings. The summed E-state index contributed by atoms with van der Waals surface area (Å²) in [4.78, 5) is 0. The third-order valence-corrected chi connectivity index (χ3v) is 3.71. The Morgan fingerprint density at radius 3 is 2.67 bits per heavy atom. The van der Waals surface area contributed by atoms with Gasteiger partial charge in [0.25, 0.3) is 0 Å². The zero-order valence-corrected chi connectivity index (χ0v) is 11.1. The molecule has 0 bridgehead atoms. The monoisotopic (exact) mass is 249 g/mol. The highest BCUT2D eigenvalue weighted by Crippen LogP contribution is 2.30. The first-order valence-electron chi connectivity index (χ1n) is 6.79. The van der Waals surface area contributed by atoms with Crippen molar-refractivity contribution in [2.24, 2.45) is 11.7 Å². The molecule has 3 nitrogen and oxygen atoms in total. The van der Waals surface area contributed by atoms with E-state index in [0.717, 1.165) is 17.9 Å². The number of methoxy groups -OCH3 is 1. The lowest BCUT2D eigenvalue weighted by atomic mass is 10.1. The van der Waals surface area contributed by atoms with Gasteiger partial charge in [0.05, 0.1) is 19.8 Å². The first kappa shape index (κ1) is 13.4. The van der Waals surface area contributed by atoms with Gasteiger partial charge in [-0.05, 0) is 24.8 Å². The average molecular weight is 249 g/mol. The van der Waals surface area contributed by atoms with Gasteiger partial charge in [0.15, 0.2) is 0 Å². The molecule has 1 aliphatic rings. The summed E-state index contributed by atoms with van der Waals surface area (Å²) in [6.07, 6.45) is 5.22. The van der Waals surface area contributed by atoms with E-state index < -0.39 is 0 Å². The maximum Gasteiger partial charge on any atom is 0.124 e. The molecule has 0 radical (unpaired) electrons. The molecule has 1 aliphatic carbocycles. The Bertz CT molecular complexity index is 361. The Labute approximate surface area is 109 Å². The van der Waals surface area contributed by atoms with E-state index in [1.807, 2.05) is 24.3 Å². The van der Waals surface area contributed by atoms with Crippen LogP contribution in [0.5, 0.6) is 5.75 Å². The van der Waals surface area contributed by atoms with Gasteiger partial charge >= 0.3 is 0 Å². The minimum atomic E-state index is -0.0539. The molecule has 1 fully saturated rings. The average Bonchev–Trinajstić information content (AvgIpc) is 2.93. The number of rotatable bonds is 6. The van der Waals surface area contributed by atoms with E-state index in [-0.39, 0.29) is 6.10 Å². The standard InChI is InChI=1S/C15H23NO2/c1-17-14-9-5-4-8-13(14)15(10-16)18-11-12-6-2-3-7-12/h4-5,8-9,12,15H,2-3,6-7,10-11,16H2,1H3. The molecule has 18 heavy (non-hydrogen) atoms. The minimum Gasteiger partial charge on any atom is -0.496 e. The van der Waals surface area contributed by atoms with Crippen LogP contribution in [0.15, 0.2) is 24.3 Å². The predicted molar refractivity (Wildman–Crippen MR) is 72.7 cm³/mol. The molecule has 0 spiro atoms. The number of hydrogen-bond donors (Lipinski definition) is 1. The van der Waals surface area contributed by atoms with Crippen molar-refractivity contribution in [1.82, 2.24) is 0 Å². The van der Waals surface area contributed by atoms with Crippen molar-refractivity contribution in [2.45, 2.75) is 31.8 Å². The normalized spacial score (nSPS) is 17.9. The molecule has 0 aliphatic heterocycles. The molecule has 3 heteroatoms. The Kier molecular flexibility index (Phi) is 5.02. The van der Waals surface area contributed by atoms with Crippen molar-refractivity contribution in [1.29, 1.82) is 0 Å². The number of para-hydroxylation sites is 1. The maximum atomic E-state index is 6.00. The summed E-state index contributed by atoms with van der Waals surface area (Å²) in [5.74, 6) is 1.58. The molecule has 2 rings (SSSR count). The highest BCUT2D eigenvalue weighted by molar-refractivity contribution is 5.35. The third kappa shape index (κ3) is 3.24. The van der Waals surface area contributed by atoms with Crippen LogP contribution in [0.3, 0.4) is 0 Å². The van der Waals surface area contributed by atoms with Crippen LogP contribution in [0.1, 0.15) is 37.4 Å². The topological polar surface area (TPSA) is 44.5 Å². The second kappa shape index (κ2) is 6.76. The van der Waals surface area contributed by atoms with E-state index in [4.69, 9.17) is 15.2 Å². The predicted octanol–water partition coefficient (Wildman–Crippen LogP) is 2.90. The second-order valence-corrected chi connectivity index (χ2v) is 4.95. The summed E-state index contributed by atoms with van der Waals surface area (Å²) >= 11 is 0. The van der Waals surface area contributed by atoms with Crippen LogP contribution in [-0.2, 0) is 4.74 Å². The lowest BCUT2D eigenvalue weighted by Crippen LogP contribution is -2.19. The number of ether oxygens (including phenoxy) is 2. The molecular formula is C15H23NO2. The van der Waals surface area contributed by atoms with E-state index in [1.165, 1.54) is 25.7 Å². The van der Waals surface area contributed by atoms with E-state index in [1.54, 1.807) is 7.11 Å². The fourth-order valence-electron chi connectivity index (χ4n) is 2.65. The van der Waals surface area contributed by atoms with Gasteiger partial charge in [-0.3, -0.25) is 0 Å². The highest BCUT2D eigenvalue weighted by Gasteiger charge is 2.19. The quantitative estimate of drug-likeness (QED) is 0.843.